The summed E-state index contributed by atoms with van der Waals surface area (Å²) in [6.07, 6.45) is 0. The van der Waals surface area contributed by atoms with Gasteiger partial charge in [-0.2, -0.15) is 30.6 Å². The Hall–Kier alpha value is -4.36. The van der Waals surface area contributed by atoms with Crippen LogP contribution in [0.25, 0.3) is 52.8 Å². The lowest BCUT2D eigenvalue weighted by atomic mass is 10.0. The fraction of sp³-hybridized carbons (Fsp3) is 0.0714. The zero-order valence-corrected chi connectivity index (χ0v) is 26.8. The van der Waals surface area contributed by atoms with Crippen molar-refractivity contribution in [1.82, 2.24) is 8.75 Å². The van der Waals surface area contributed by atoms with Crippen molar-refractivity contribution < 1.29 is 23.0 Å². The van der Waals surface area contributed by atoms with Crippen molar-refractivity contribution in [2.75, 3.05) is 0 Å². The van der Waals surface area contributed by atoms with Crippen LogP contribution in [0.1, 0.15) is 5.56 Å². The van der Waals surface area contributed by atoms with Crippen molar-refractivity contribution >= 4 is 91.3 Å². The first kappa shape index (κ1) is 30.3. The van der Waals surface area contributed by atoms with Gasteiger partial charge in [0.1, 0.15) is 22.4 Å². The predicted octanol–water partition coefficient (Wildman–Crippen LogP) is 10.9. The number of alkyl halides is 3. The van der Waals surface area contributed by atoms with Gasteiger partial charge in [0.25, 0.3) is 11.4 Å². The minimum Gasteiger partial charge on any atom is -0.258 e. The highest BCUT2D eigenvalue weighted by Gasteiger charge is 2.33. The van der Waals surface area contributed by atoms with E-state index in [-0.39, 0.29) is 5.69 Å². The maximum atomic E-state index is 13.0. The Morgan fingerprint density at radius 3 is 1.74 bits per heavy atom. The fourth-order valence-corrected chi connectivity index (χ4v) is 8.80. The van der Waals surface area contributed by atoms with Gasteiger partial charge in [-0.3, -0.25) is 20.2 Å². The van der Waals surface area contributed by atoms with Crippen molar-refractivity contribution in [3.05, 3.63) is 86.5 Å². The molecule has 6 aromatic rings. The van der Waals surface area contributed by atoms with E-state index in [0.29, 0.717) is 49.5 Å². The highest BCUT2D eigenvalue weighted by Crippen LogP contribution is 2.55. The number of halogens is 3. The molecule has 1 aliphatic heterocycles. The molecule has 46 heavy (non-hydrogen) atoms. The molecule has 230 valence electrons. The third-order valence-corrected chi connectivity index (χ3v) is 11.1. The van der Waals surface area contributed by atoms with E-state index < -0.39 is 37.7 Å². The highest BCUT2D eigenvalue weighted by molar-refractivity contribution is 8.00. The molecule has 0 amide bonds. The highest BCUT2D eigenvalue weighted by atomic mass is 32.2. The molecule has 0 aliphatic carbocycles. The van der Waals surface area contributed by atoms with E-state index in [1.54, 1.807) is 25.1 Å². The second kappa shape index (κ2) is 11.5. The largest absolute Gasteiger partial charge is 0.446 e. The fourth-order valence-electron chi connectivity index (χ4n) is 4.96. The number of thiophene rings is 2. The zero-order valence-electron chi connectivity index (χ0n) is 22.8. The molecular weight excluding hydrogens is 702 g/mol. The van der Waals surface area contributed by atoms with Gasteiger partial charge in [0.2, 0.25) is 0 Å². The normalized spacial score (nSPS) is 12.4. The molecule has 0 saturated heterocycles. The topological polar surface area (TPSA) is 137 Å². The van der Waals surface area contributed by atoms with Gasteiger partial charge in [-0.25, -0.2) is 0 Å². The lowest BCUT2D eigenvalue weighted by molar-refractivity contribution is -0.387. The average Bonchev–Trinajstić information content (AvgIpc) is 3.82. The minimum absolute atomic E-state index is 0.0371. The van der Waals surface area contributed by atoms with E-state index in [1.807, 2.05) is 24.3 Å². The maximum absolute atomic E-state index is 13.0. The van der Waals surface area contributed by atoms with Crippen LogP contribution in [0.15, 0.2) is 74.3 Å². The van der Waals surface area contributed by atoms with E-state index >= 15 is 0 Å². The van der Waals surface area contributed by atoms with Crippen molar-refractivity contribution in [2.45, 2.75) is 17.3 Å². The van der Waals surface area contributed by atoms with Gasteiger partial charge in [0.05, 0.1) is 37.8 Å². The van der Waals surface area contributed by atoms with Gasteiger partial charge in [-0.05, 0) is 60.1 Å². The van der Waals surface area contributed by atoms with E-state index in [0.717, 1.165) is 55.4 Å². The number of rotatable bonds is 7. The molecule has 0 saturated carbocycles. The predicted molar refractivity (Wildman–Crippen MR) is 176 cm³/mol. The molecule has 3 aromatic heterocycles. The number of thioether (sulfide) groups is 1. The monoisotopic (exact) mass is 714 g/mol. The smallest absolute Gasteiger partial charge is 0.258 e. The Bertz CT molecular complexity index is 2320. The number of nitro groups is 2. The van der Waals surface area contributed by atoms with Crippen molar-refractivity contribution in [3.63, 3.8) is 0 Å². The number of hydrogen-bond acceptors (Lipinski definition) is 12. The number of hydrogen-bond donors (Lipinski definition) is 0. The summed E-state index contributed by atoms with van der Waals surface area (Å²) in [4.78, 5) is 24.4. The van der Waals surface area contributed by atoms with Crippen molar-refractivity contribution in [3.8, 4) is 41.8 Å². The van der Waals surface area contributed by atoms with Crippen LogP contribution >= 0.6 is 46.2 Å². The molecule has 4 heterocycles. The van der Waals surface area contributed by atoms with Crippen LogP contribution in [0.3, 0.4) is 0 Å². The molecule has 3 aromatic carbocycles. The van der Waals surface area contributed by atoms with E-state index in [4.69, 9.17) is 0 Å². The van der Waals surface area contributed by atoms with Crippen molar-refractivity contribution in [1.29, 1.82) is 0 Å². The molecular formula is C28H13F3N6O4S5. The van der Waals surface area contributed by atoms with Crippen LogP contribution in [0, 0.1) is 27.2 Å². The standard InChI is InChI=1S/C28H13F3N6O4S5/c1-12-2-3-13(10-15(12)36(38)39)17-6-8-20(42-17)22-24-26(34-45-32-24)23(27-25(22)33-46-35-27)21-9-7-18(43-21)14-4-5-19(44-28(29,30)31)16(11-14)37(40)41/h2-11H,1H3. The maximum Gasteiger partial charge on any atom is 0.446 e. The summed E-state index contributed by atoms with van der Waals surface area (Å²) >= 11 is 4.25. The van der Waals surface area contributed by atoms with Crippen LogP contribution in [-0.4, -0.2) is 24.1 Å². The number of nitrogens with zero attached hydrogens (tertiary/aromatic N) is 6. The zero-order chi connectivity index (χ0) is 32.3. The molecule has 10 nitrogen and oxygen atoms in total. The van der Waals surface area contributed by atoms with Crippen LogP contribution < -0.4 is 0 Å². The lowest BCUT2D eigenvalue weighted by Crippen LogP contribution is -2.01. The number of aryl methyl sites for hydroxylation is 1. The van der Waals surface area contributed by atoms with Crippen LogP contribution in [0.5, 0.6) is 0 Å². The lowest BCUT2D eigenvalue weighted by Gasteiger charge is -2.09. The van der Waals surface area contributed by atoms with Gasteiger partial charge in [0, 0.05) is 48.3 Å². The molecule has 0 radical (unpaired) electrons. The van der Waals surface area contributed by atoms with Crippen LogP contribution in [0.4, 0.5) is 35.9 Å². The summed E-state index contributed by atoms with van der Waals surface area (Å²) in [5.74, 6) is 0. The van der Waals surface area contributed by atoms with Crippen molar-refractivity contribution in [2.24, 2.45) is 8.73 Å². The molecule has 0 unspecified atom stereocenters. The van der Waals surface area contributed by atoms with Gasteiger partial charge in [0.15, 0.2) is 0 Å². The second-order valence-corrected chi connectivity index (χ2v) is 14.1. The van der Waals surface area contributed by atoms with E-state index in [1.165, 1.54) is 28.7 Å². The van der Waals surface area contributed by atoms with Crippen LogP contribution in [-0.2, 0) is 11.4 Å². The Balaban J connectivity index is 1.31. The summed E-state index contributed by atoms with van der Waals surface area (Å²) in [6.45, 7) is 1.69. The summed E-state index contributed by atoms with van der Waals surface area (Å²) in [5, 5.41) is 23.1. The minimum atomic E-state index is -4.67. The summed E-state index contributed by atoms with van der Waals surface area (Å²) in [5.41, 5.74) is 0.189. The summed E-state index contributed by atoms with van der Waals surface area (Å²) < 4.78 is 57.3. The van der Waals surface area contributed by atoms with Crippen LogP contribution in [0.2, 0.25) is 0 Å². The molecule has 0 fully saturated rings. The number of fused-ring (bicyclic) bond motifs is 2. The third kappa shape index (κ3) is 5.41. The first-order chi connectivity index (χ1) is 22.0. The Morgan fingerprint density at radius 2 is 1.22 bits per heavy atom. The molecule has 0 N–H and O–H groups in total. The van der Waals surface area contributed by atoms with Gasteiger partial charge >= 0.3 is 5.51 Å². The Morgan fingerprint density at radius 1 is 0.717 bits per heavy atom. The molecule has 0 bridgehead atoms. The molecule has 1 aliphatic rings. The van der Waals surface area contributed by atoms with Gasteiger partial charge < -0.3 is 0 Å². The number of nitro benzene ring substituents is 2. The summed E-state index contributed by atoms with van der Waals surface area (Å²) in [7, 11) is 0. The first-order valence-electron chi connectivity index (χ1n) is 12.9. The number of benzene rings is 3. The first-order valence-corrected chi connectivity index (χ1v) is 16.8. The third-order valence-electron chi connectivity index (χ3n) is 6.99. The molecule has 18 heteroatoms. The van der Waals surface area contributed by atoms with Gasteiger partial charge in [-0.15, -0.1) is 22.7 Å². The Labute approximate surface area is 276 Å². The summed E-state index contributed by atoms with van der Waals surface area (Å²) in [6, 6.07) is 16.1. The van der Waals surface area contributed by atoms with Gasteiger partial charge in [-0.1, -0.05) is 18.2 Å². The quantitative estimate of drug-likeness (QED) is 0.0910. The van der Waals surface area contributed by atoms with E-state index in [9.17, 15) is 33.4 Å². The second-order valence-electron chi connectivity index (χ2n) is 9.75. The molecule has 7 rings (SSSR count). The average molecular weight is 715 g/mol. The molecule has 0 atom stereocenters. The number of aromatic nitrogens is 2. The molecule has 0 spiro atoms. The van der Waals surface area contributed by atoms with E-state index in [2.05, 4.69) is 17.5 Å². The SMILES string of the molecule is Cc1ccc(-c2ccc(-c3c4c(c(-c5ccc(-c6ccc(SC(F)(F)F)c([N+](=O)[O-])c6)s5)c5nsnc35)N=S=N4)s2)cc1[N+](=O)[O-]. The Kier molecular flexibility index (Phi) is 7.55.